The van der Waals surface area contributed by atoms with Gasteiger partial charge in [-0.05, 0) is 12.1 Å². The molecule has 17 heavy (non-hydrogen) atoms. The lowest BCUT2D eigenvalue weighted by molar-refractivity contribution is 0.356. The van der Waals surface area contributed by atoms with Crippen molar-refractivity contribution < 1.29 is 9.47 Å². The van der Waals surface area contributed by atoms with E-state index in [1.807, 2.05) is 18.2 Å². The van der Waals surface area contributed by atoms with Crippen LogP contribution in [0.25, 0.3) is 11.3 Å². The van der Waals surface area contributed by atoms with E-state index in [1.54, 1.807) is 20.4 Å². The zero-order chi connectivity index (χ0) is 12.3. The maximum atomic E-state index is 5.61. The first-order valence-electron chi connectivity index (χ1n) is 5.05. The number of para-hydroxylation sites is 1. The second-order valence-electron chi connectivity index (χ2n) is 3.37. The highest BCUT2D eigenvalue weighted by Crippen LogP contribution is 2.36. The lowest BCUT2D eigenvalue weighted by Crippen LogP contribution is -1.97. The highest BCUT2D eigenvalue weighted by atomic mass is 16.5. The minimum Gasteiger partial charge on any atom is -0.493 e. The van der Waals surface area contributed by atoms with Gasteiger partial charge in [-0.3, -0.25) is 4.98 Å². The van der Waals surface area contributed by atoms with E-state index in [0.717, 1.165) is 5.56 Å². The Labute approximate surface area is 99.2 Å². The van der Waals surface area contributed by atoms with Gasteiger partial charge in [0, 0.05) is 5.56 Å². The van der Waals surface area contributed by atoms with Gasteiger partial charge in [0.25, 0.3) is 0 Å². The quantitative estimate of drug-likeness (QED) is 0.871. The molecular weight excluding hydrogens is 218 g/mol. The maximum Gasteiger partial charge on any atom is 0.170 e. The number of hydrogen-bond donors (Lipinski definition) is 1. The molecule has 0 atom stereocenters. The standard InChI is InChI=1S/C12H13N3O2/c1-16-10-5-3-4-8(12(10)17-2)9-6-14-7-11(13)15-9/h3-7H,1-2H3,(H2,13,15). The number of hydrogen-bond acceptors (Lipinski definition) is 5. The lowest BCUT2D eigenvalue weighted by atomic mass is 10.1. The number of aromatic nitrogens is 2. The van der Waals surface area contributed by atoms with Gasteiger partial charge in [0.1, 0.15) is 5.82 Å². The molecule has 1 aromatic heterocycles. The van der Waals surface area contributed by atoms with Crippen LogP contribution in [0.4, 0.5) is 5.82 Å². The number of anilines is 1. The molecule has 0 saturated carbocycles. The average Bonchev–Trinajstić information content (AvgIpc) is 2.37. The summed E-state index contributed by atoms with van der Waals surface area (Å²) in [6.07, 6.45) is 3.13. The van der Waals surface area contributed by atoms with E-state index in [1.165, 1.54) is 6.20 Å². The molecule has 0 spiro atoms. The zero-order valence-corrected chi connectivity index (χ0v) is 9.68. The maximum absolute atomic E-state index is 5.61. The average molecular weight is 231 g/mol. The van der Waals surface area contributed by atoms with Crippen LogP contribution in [-0.2, 0) is 0 Å². The first-order valence-corrected chi connectivity index (χ1v) is 5.05. The van der Waals surface area contributed by atoms with Gasteiger partial charge in [0.05, 0.1) is 32.3 Å². The minimum absolute atomic E-state index is 0.368. The van der Waals surface area contributed by atoms with E-state index < -0.39 is 0 Å². The number of rotatable bonds is 3. The SMILES string of the molecule is COc1cccc(-c2cncc(N)n2)c1OC. The van der Waals surface area contributed by atoms with Crippen molar-refractivity contribution in [3.05, 3.63) is 30.6 Å². The topological polar surface area (TPSA) is 70.3 Å². The molecule has 2 rings (SSSR count). The van der Waals surface area contributed by atoms with Gasteiger partial charge in [-0.15, -0.1) is 0 Å². The Morgan fingerprint density at radius 2 is 1.94 bits per heavy atom. The molecule has 0 unspecified atom stereocenters. The molecule has 1 aromatic carbocycles. The summed E-state index contributed by atoms with van der Waals surface area (Å²) in [5.41, 5.74) is 7.06. The van der Waals surface area contributed by atoms with Crippen LogP contribution in [0.2, 0.25) is 0 Å². The highest BCUT2D eigenvalue weighted by Gasteiger charge is 2.12. The van der Waals surface area contributed by atoms with Gasteiger partial charge in [-0.2, -0.15) is 0 Å². The molecule has 2 aromatic rings. The Kier molecular flexibility index (Phi) is 3.09. The molecule has 2 N–H and O–H groups in total. The third kappa shape index (κ3) is 2.13. The predicted octanol–water partition coefficient (Wildman–Crippen LogP) is 1.74. The number of nitrogen functional groups attached to an aromatic ring is 1. The Morgan fingerprint density at radius 3 is 2.59 bits per heavy atom. The second kappa shape index (κ2) is 4.69. The summed E-state index contributed by atoms with van der Waals surface area (Å²) in [6.45, 7) is 0. The highest BCUT2D eigenvalue weighted by molar-refractivity contribution is 5.71. The van der Waals surface area contributed by atoms with Crippen LogP contribution in [-0.4, -0.2) is 24.2 Å². The summed E-state index contributed by atoms with van der Waals surface area (Å²) in [5.74, 6) is 1.64. The summed E-state index contributed by atoms with van der Waals surface area (Å²) in [7, 11) is 3.17. The number of nitrogens with zero attached hydrogens (tertiary/aromatic N) is 2. The molecule has 0 amide bonds. The molecule has 0 saturated heterocycles. The summed E-state index contributed by atoms with van der Waals surface area (Å²) >= 11 is 0. The van der Waals surface area contributed by atoms with Crippen LogP contribution in [0.15, 0.2) is 30.6 Å². The second-order valence-corrected chi connectivity index (χ2v) is 3.37. The Balaban J connectivity index is 2.59. The lowest BCUT2D eigenvalue weighted by Gasteiger charge is -2.11. The van der Waals surface area contributed by atoms with Gasteiger partial charge in [0.2, 0.25) is 0 Å². The van der Waals surface area contributed by atoms with E-state index in [0.29, 0.717) is 23.0 Å². The Bertz CT molecular complexity index is 529. The smallest absolute Gasteiger partial charge is 0.170 e. The van der Waals surface area contributed by atoms with E-state index >= 15 is 0 Å². The minimum atomic E-state index is 0.368. The van der Waals surface area contributed by atoms with Crippen LogP contribution < -0.4 is 15.2 Å². The molecule has 5 heteroatoms. The van der Waals surface area contributed by atoms with E-state index in [2.05, 4.69) is 9.97 Å². The third-order valence-electron chi connectivity index (χ3n) is 2.33. The van der Waals surface area contributed by atoms with E-state index in [-0.39, 0.29) is 0 Å². The van der Waals surface area contributed by atoms with Gasteiger partial charge < -0.3 is 15.2 Å². The van der Waals surface area contributed by atoms with Gasteiger partial charge in [-0.25, -0.2) is 4.98 Å². The molecule has 1 heterocycles. The predicted molar refractivity (Wildman–Crippen MR) is 65.0 cm³/mol. The first-order chi connectivity index (χ1) is 8.26. The van der Waals surface area contributed by atoms with Crippen molar-refractivity contribution in [3.8, 4) is 22.8 Å². The molecule has 0 bridgehead atoms. The fraction of sp³-hybridized carbons (Fsp3) is 0.167. The number of methoxy groups -OCH3 is 2. The largest absolute Gasteiger partial charge is 0.493 e. The first kappa shape index (κ1) is 11.2. The van der Waals surface area contributed by atoms with Crippen LogP contribution >= 0.6 is 0 Å². The van der Waals surface area contributed by atoms with Crippen molar-refractivity contribution in [3.63, 3.8) is 0 Å². The molecule has 5 nitrogen and oxygen atoms in total. The summed E-state index contributed by atoms with van der Waals surface area (Å²) < 4.78 is 10.6. The molecule has 0 radical (unpaired) electrons. The Hall–Kier alpha value is -2.30. The van der Waals surface area contributed by atoms with Crippen molar-refractivity contribution in [1.29, 1.82) is 0 Å². The summed E-state index contributed by atoms with van der Waals surface area (Å²) in [5, 5.41) is 0. The summed E-state index contributed by atoms with van der Waals surface area (Å²) in [4.78, 5) is 8.21. The van der Waals surface area contributed by atoms with Crippen molar-refractivity contribution >= 4 is 5.82 Å². The molecule has 0 fully saturated rings. The van der Waals surface area contributed by atoms with Crippen molar-refractivity contribution in [2.75, 3.05) is 20.0 Å². The van der Waals surface area contributed by atoms with Crippen LogP contribution in [0, 0.1) is 0 Å². The fourth-order valence-electron chi connectivity index (χ4n) is 1.60. The number of nitrogens with two attached hydrogens (primary N) is 1. The zero-order valence-electron chi connectivity index (χ0n) is 9.68. The van der Waals surface area contributed by atoms with Gasteiger partial charge in [0.15, 0.2) is 11.5 Å². The van der Waals surface area contributed by atoms with Crippen LogP contribution in [0.5, 0.6) is 11.5 Å². The molecule has 88 valence electrons. The van der Waals surface area contributed by atoms with Crippen molar-refractivity contribution in [2.45, 2.75) is 0 Å². The van der Waals surface area contributed by atoms with Crippen LogP contribution in [0.1, 0.15) is 0 Å². The Morgan fingerprint density at radius 1 is 1.12 bits per heavy atom. The van der Waals surface area contributed by atoms with E-state index in [9.17, 15) is 0 Å². The normalized spacial score (nSPS) is 10.0. The monoisotopic (exact) mass is 231 g/mol. The number of ether oxygens (including phenoxy) is 2. The molecular formula is C12H13N3O2. The molecule has 0 aliphatic heterocycles. The van der Waals surface area contributed by atoms with Gasteiger partial charge in [-0.1, -0.05) is 6.07 Å². The van der Waals surface area contributed by atoms with Crippen molar-refractivity contribution in [1.82, 2.24) is 9.97 Å². The van der Waals surface area contributed by atoms with E-state index in [4.69, 9.17) is 15.2 Å². The molecule has 0 aliphatic rings. The summed E-state index contributed by atoms with van der Waals surface area (Å²) in [6, 6.07) is 5.56. The van der Waals surface area contributed by atoms with Crippen LogP contribution in [0.3, 0.4) is 0 Å². The number of benzene rings is 1. The fourth-order valence-corrected chi connectivity index (χ4v) is 1.60. The molecule has 0 aliphatic carbocycles. The van der Waals surface area contributed by atoms with Gasteiger partial charge >= 0.3 is 0 Å². The third-order valence-corrected chi connectivity index (χ3v) is 2.33. The van der Waals surface area contributed by atoms with Crippen molar-refractivity contribution in [2.24, 2.45) is 0 Å².